The predicted molar refractivity (Wildman–Crippen MR) is 108 cm³/mol. The zero-order valence-corrected chi connectivity index (χ0v) is 16.1. The number of nitrogens with one attached hydrogen (secondary N) is 1. The van der Waals surface area contributed by atoms with Crippen molar-refractivity contribution in [3.8, 4) is 5.75 Å². The molecular formula is C22H26N2O4. The van der Waals surface area contributed by atoms with Crippen molar-refractivity contribution in [2.75, 3.05) is 32.1 Å². The molecule has 28 heavy (non-hydrogen) atoms. The zero-order chi connectivity index (χ0) is 19.8. The molecule has 0 aliphatic carbocycles. The van der Waals surface area contributed by atoms with Gasteiger partial charge in [0.05, 0.1) is 7.11 Å². The summed E-state index contributed by atoms with van der Waals surface area (Å²) in [5.41, 5.74) is 2.05. The number of hydrogen-bond donors (Lipinski definition) is 1. The lowest BCUT2D eigenvalue weighted by molar-refractivity contribution is -0.142. The number of rotatable bonds is 5. The summed E-state index contributed by atoms with van der Waals surface area (Å²) in [4.78, 5) is 25.6. The highest BCUT2D eigenvalue weighted by atomic mass is 16.6. The maximum atomic E-state index is 12.6. The molecule has 0 spiro atoms. The van der Waals surface area contributed by atoms with Crippen LogP contribution in [0.4, 0.5) is 10.5 Å². The van der Waals surface area contributed by atoms with Gasteiger partial charge in [0.1, 0.15) is 5.75 Å². The summed E-state index contributed by atoms with van der Waals surface area (Å²) in [5.74, 6) is 0.612. The Bertz CT molecular complexity index is 777. The third-order valence-corrected chi connectivity index (χ3v) is 4.98. The van der Waals surface area contributed by atoms with Gasteiger partial charge in [-0.25, -0.2) is 9.59 Å². The lowest BCUT2D eigenvalue weighted by Crippen LogP contribution is -2.35. The summed E-state index contributed by atoms with van der Waals surface area (Å²) in [6.07, 6.45) is 3.06. The van der Waals surface area contributed by atoms with Crippen molar-refractivity contribution in [1.29, 1.82) is 0 Å². The van der Waals surface area contributed by atoms with E-state index in [2.05, 4.69) is 34.3 Å². The molecule has 1 heterocycles. The molecular weight excluding hydrogens is 356 g/mol. The normalized spacial score (nSPS) is 16.8. The van der Waals surface area contributed by atoms with Gasteiger partial charge in [-0.1, -0.05) is 30.3 Å². The lowest BCUT2D eigenvalue weighted by atomic mass is 9.92. The third kappa shape index (κ3) is 5.49. The number of benzene rings is 2. The minimum absolute atomic E-state index is 0.0862. The van der Waals surface area contributed by atoms with Crippen LogP contribution in [-0.4, -0.2) is 43.7 Å². The molecule has 3 rings (SSSR count). The first-order valence-electron chi connectivity index (χ1n) is 9.56. The summed E-state index contributed by atoms with van der Waals surface area (Å²) in [5, 5.41) is 2.94. The summed E-state index contributed by atoms with van der Waals surface area (Å²) in [6, 6.07) is 17.4. The van der Waals surface area contributed by atoms with E-state index in [1.54, 1.807) is 24.3 Å². The predicted octanol–water partition coefficient (Wildman–Crippen LogP) is 4.04. The standard InChI is InChI=1S/C22H26N2O4/c1-27-21(25)16-28-20-11-9-19(10-12-20)23-22(26)24-14-5-8-18(13-15-24)17-6-3-2-4-7-17/h2-4,6-7,9-12,18H,5,8,13-16H2,1H3,(H,23,26)/t18-/m0/s1. The van der Waals surface area contributed by atoms with Gasteiger partial charge < -0.3 is 19.7 Å². The molecule has 148 valence electrons. The van der Waals surface area contributed by atoms with Crippen molar-refractivity contribution < 1.29 is 19.1 Å². The van der Waals surface area contributed by atoms with E-state index in [1.807, 2.05) is 11.0 Å². The average molecular weight is 382 g/mol. The van der Waals surface area contributed by atoms with Crippen molar-refractivity contribution in [3.63, 3.8) is 0 Å². The summed E-state index contributed by atoms with van der Waals surface area (Å²) >= 11 is 0. The van der Waals surface area contributed by atoms with Crippen LogP contribution in [0.15, 0.2) is 54.6 Å². The molecule has 2 aromatic rings. The van der Waals surface area contributed by atoms with E-state index in [-0.39, 0.29) is 12.6 Å². The zero-order valence-electron chi connectivity index (χ0n) is 16.1. The van der Waals surface area contributed by atoms with Gasteiger partial charge in [0.2, 0.25) is 0 Å². The van der Waals surface area contributed by atoms with Crippen molar-refractivity contribution in [3.05, 3.63) is 60.2 Å². The number of ether oxygens (including phenoxy) is 2. The van der Waals surface area contributed by atoms with Crippen LogP contribution < -0.4 is 10.1 Å². The Morgan fingerprint density at radius 2 is 1.79 bits per heavy atom. The van der Waals surface area contributed by atoms with Crippen LogP contribution in [0.1, 0.15) is 30.7 Å². The second kappa shape index (κ2) is 9.78. The number of carbonyl (C=O) groups excluding carboxylic acids is 2. The SMILES string of the molecule is COC(=O)COc1ccc(NC(=O)N2CCC[C@H](c3ccccc3)CC2)cc1. The third-order valence-electron chi connectivity index (χ3n) is 4.98. The van der Waals surface area contributed by atoms with Crippen molar-refractivity contribution in [2.24, 2.45) is 0 Å². The van der Waals surface area contributed by atoms with Gasteiger partial charge in [-0.2, -0.15) is 0 Å². The highest BCUT2D eigenvalue weighted by Gasteiger charge is 2.21. The topological polar surface area (TPSA) is 67.9 Å². The molecule has 1 aliphatic rings. The molecule has 1 fully saturated rings. The Morgan fingerprint density at radius 3 is 2.50 bits per heavy atom. The summed E-state index contributed by atoms with van der Waals surface area (Å²) < 4.78 is 9.84. The summed E-state index contributed by atoms with van der Waals surface area (Å²) in [6.45, 7) is 1.36. The molecule has 0 unspecified atom stereocenters. The first-order valence-corrected chi connectivity index (χ1v) is 9.56. The maximum absolute atomic E-state index is 12.6. The van der Waals surface area contributed by atoms with E-state index in [4.69, 9.17) is 4.74 Å². The largest absolute Gasteiger partial charge is 0.482 e. The van der Waals surface area contributed by atoms with Crippen molar-refractivity contribution in [1.82, 2.24) is 4.90 Å². The molecule has 0 aromatic heterocycles. The molecule has 6 heteroatoms. The fourth-order valence-corrected chi connectivity index (χ4v) is 3.40. The molecule has 1 saturated heterocycles. The van der Waals surface area contributed by atoms with Crippen LogP contribution in [-0.2, 0) is 9.53 Å². The molecule has 1 N–H and O–H groups in total. The second-order valence-corrected chi connectivity index (χ2v) is 6.84. The van der Waals surface area contributed by atoms with E-state index in [0.29, 0.717) is 17.4 Å². The van der Waals surface area contributed by atoms with Crippen LogP contribution in [0.2, 0.25) is 0 Å². The van der Waals surface area contributed by atoms with E-state index >= 15 is 0 Å². The minimum atomic E-state index is -0.438. The molecule has 2 amide bonds. The molecule has 0 radical (unpaired) electrons. The Balaban J connectivity index is 1.51. The number of nitrogens with zero attached hydrogens (tertiary/aromatic N) is 1. The van der Waals surface area contributed by atoms with Gasteiger partial charge in [-0.05, 0) is 55.0 Å². The number of likely N-dealkylation sites (tertiary alicyclic amines) is 1. The monoisotopic (exact) mass is 382 g/mol. The Hall–Kier alpha value is -3.02. The highest BCUT2D eigenvalue weighted by Crippen LogP contribution is 2.28. The minimum Gasteiger partial charge on any atom is -0.482 e. The number of anilines is 1. The van der Waals surface area contributed by atoms with E-state index < -0.39 is 5.97 Å². The Morgan fingerprint density at radius 1 is 1.04 bits per heavy atom. The molecule has 6 nitrogen and oxygen atoms in total. The van der Waals surface area contributed by atoms with Crippen LogP contribution in [0, 0.1) is 0 Å². The van der Waals surface area contributed by atoms with E-state index in [0.717, 1.165) is 32.4 Å². The second-order valence-electron chi connectivity index (χ2n) is 6.84. The summed E-state index contributed by atoms with van der Waals surface area (Å²) in [7, 11) is 1.31. The van der Waals surface area contributed by atoms with Gasteiger partial charge in [-0.15, -0.1) is 0 Å². The Labute approximate surface area is 165 Å². The maximum Gasteiger partial charge on any atom is 0.343 e. The van der Waals surface area contributed by atoms with Gasteiger partial charge in [0.25, 0.3) is 0 Å². The van der Waals surface area contributed by atoms with Crippen LogP contribution in [0.3, 0.4) is 0 Å². The molecule has 0 bridgehead atoms. The number of methoxy groups -OCH3 is 1. The Kier molecular flexibility index (Phi) is 6.89. The van der Waals surface area contributed by atoms with Crippen molar-refractivity contribution in [2.45, 2.75) is 25.2 Å². The number of amides is 2. The highest BCUT2D eigenvalue weighted by molar-refractivity contribution is 5.89. The van der Waals surface area contributed by atoms with Gasteiger partial charge in [0, 0.05) is 18.8 Å². The molecule has 2 aromatic carbocycles. The number of urea groups is 1. The quantitative estimate of drug-likeness (QED) is 0.793. The first kappa shape index (κ1) is 19.7. The van der Waals surface area contributed by atoms with Gasteiger partial charge in [-0.3, -0.25) is 0 Å². The van der Waals surface area contributed by atoms with E-state index in [9.17, 15) is 9.59 Å². The van der Waals surface area contributed by atoms with Crippen LogP contribution >= 0.6 is 0 Å². The fraction of sp³-hybridized carbons (Fsp3) is 0.364. The van der Waals surface area contributed by atoms with Gasteiger partial charge >= 0.3 is 12.0 Å². The van der Waals surface area contributed by atoms with Crippen LogP contribution in [0.5, 0.6) is 5.75 Å². The average Bonchev–Trinajstić information content (AvgIpc) is 3.00. The fourth-order valence-electron chi connectivity index (χ4n) is 3.40. The van der Waals surface area contributed by atoms with Gasteiger partial charge in [0.15, 0.2) is 6.61 Å². The first-order chi connectivity index (χ1) is 13.7. The van der Waals surface area contributed by atoms with E-state index in [1.165, 1.54) is 12.7 Å². The molecule has 1 aliphatic heterocycles. The number of esters is 1. The van der Waals surface area contributed by atoms with Crippen molar-refractivity contribution >= 4 is 17.7 Å². The van der Waals surface area contributed by atoms with Crippen LogP contribution in [0.25, 0.3) is 0 Å². The molecule has 0 saturated carbocycles. The number of hydrogen-bond acceptors (Lipinski definition) is 4. The number of carbonyl (C=O) groups is 2. The lowest BCUT2D eigenvalue weighted by Gasteiger charge is -2.21. The molecule has 1 atom stereocenters. The smallest absolute Gasteiger partial charge is 0.343 e.